The van der Waals surface area contributed by atoms with Gasteiger partial charge in [0.2, 0.25) is 0 Å². The van der Waals surface area contributed by atoms with Crippen LogP contribution in [-0.2, 0) is 0 Å². The van der Waals surface area contributed by atoms with Crippen LogP contribution in [0, 0.1) is 5.41 Å². The van der Waals surface area contributed by atoms with Crippen molar-refractivity contribution in [1.82, 2.24) is 42.5 Å². The SMILES string of the molecule is CNC12CC3(NC)CC(NC)(C1)CC(NC)(C2)C3.CNCC(CNC)(CNC)CNC. The van der Waals surface area contributed by atoms with Gasteiger partial charge in [-0.05, 0) is 94.9 Å². The molecule has 0 atom stereocenters. The lowest BCUT2D eigenvalue weighted by Gasteiger charge is -2.70. The van der Waals surface area contributed by atoms with E-state index in [0.717, 1.165) is 26.2 Å². The average molecular weight is 441 g/mol. The van der Waals surface area contributed by atoms with E-state index >= 15 is 0 Å². The Hall–Kier alpha value is -0.320. The summed E-state index contributed by atoms with van der Waals surface area (Å²) in [4.78, 5) is 0. The molecule has 0 aliphatic heterocycles. The largest absolute Gasteiger partial charge is 0.319 e. The summed E-state index contributed by atoms with van der Waals surface area (Å²) in [6.07, 6.45) is 7.58. The van der Waals surface area contributed by atoms with E-state index in [1.165, 1.54) is 38.5 Å². The highest BCUT2D eigenvalue weighted by Crippen LogP contribution is 2.60. The first-order chi connectivity index (χ1) is 14.7. The van der Waals surface area contributed by atoms with Crippen LogP contribution in [0.4, 0.5) is 0 Å². The lowest BCUT2D eigenvalue weighted by molar-refractivity contribution is -0.0952. The molecule has 0 saturated heterocycles. The standard InChI is InChI=1S/C14H28N4.C9H24N4/c1-15-11-5-12(16-2)8-13(6-11,17-3)10-14(7-11,9-12)18-4;1-10-5-9(6-11-2,7-12-3)8-13-4/h15-18H,5-10H2,1-4H3;10-13H,5-8H2,1-4H3. The van der Waals surface area contributed by atoms with Crippen molar-refractivity contribution in [1.29, 1.82) is 0 Å². The molecule has 4 fully saturated rings. The Morgan fingerprint density at radius 2 is 0.613 bits per heavy atom. The Kier molecular flexibility index (Phi) is 9.33. The Bertz CT molecular complexity index is 421. The molecule has 8 N–H and O–H groups in total. The second-order valence-corrected chi connectivity index (χ2v) is 10.8. The fourth-order valence-corrected chi connectivity index (χ4v) is 7.57. The Balaban J connectivity index is 0.000000235. The van der Waals surface area contributed by atoms with Crippen molar-refractivity contribution in [2.45, 2.75) is 60.7 Å². The number of rotatable bonds is 12. The molecule has 8 heteroatoms. The first-order valence-electron chi connectivity index (χ1n) is 12.1. The molecule has 8 nitrogen and oxygen atoms in total. The van der Waals surface area contributed by atoms with Gasteiger partial charge in [-0.25, -0.2) is 0 Å². The molecule has 0 radical (unpaired) electrons. The van der Waals surface area contributed by atoms with Crippen molar-refractivity contribution in [2.75, 3.05) is 82.6 Å². The van der Waals surface area contributed by atoms with E-state index in [-0.39, 0.29) is 5.41 Å². The van der Waals surface area contributed by atoms with Crippen LogP contribution >= 0.6 is 0 Å². The third-order valence-corrected chi connectivity index (χ3v) is 8.39. The van der Waals surface area contributed by atoms with Gasteiger partial charge in [-0.2, -0.15) is 0 Å². The predicted molar refractivity (Wildman–Crippen MR) is 133 cm³/mol. The maximum atomic E-state index is 3.67. The summed E-state index contributed by atoms with van der Waals surface area (Å²) >= 11 is 0. The molecule has 4 rings (SSSR count). The molecule has 0 heterocycles. The molecule has 4 bridgehead atoms. The summed E-state index contributed by atoms with van der Waals surface area (Å²) in [5, 5.41) is 27.6. The molecule has 0 aromatic heterocycles. The number of nitrogens with one attached hydrogen (secondary N) is 8. The van der Waals surface area contributed by atoms with E-state index < -0.39 is 0 Å². The van der Waals surface area contributed by atoms with Crippen LogP contribution in [0.1, 0.15) is 38.5 Å². The number of hydrogen-bond acceptors (Lipinski definition) is 8. The summed E-state index contributed by atoms with van der Waals surface area (Å²) in [5.41, 5.74) is 1.44. The molecular formula is C23H52N8. The first kappa shape index (κ1) is 26.9. The summed E-state index contributed by atoms with van der Waals surface area (Å²) in [6.45, 7) is 4.04. The summed E-state index contributed by atoms with van der Waals surface area (Å²) in [7, 11) is 16.6. The molecule has 4 aliphatic rings. The zero-order valence-electron chi connectivity index (χ0n) is 21.6. The molecule has 0 aromatic rings. The lowest BCUT2D eigenvalue weighted by Crippen LogP contribution is -2.81. The lowest BCUT2D eigenvalue weighted by atomic mass is 9.44. The van der Waals surface area contributed by atoms with E-state index in [9.17, 15) is 0 Å². The van der Waals surface area contributed by atoms with E-state index in [1.54, 1.807) is 0 Å². The highest BCUT2D eigenvalue weighted by molar-refractivity contribution is 5.28. The molecule has 0 aromatic carbocycles. The third-order valence-electron chi connectivity index (χ3n) is 8.39. The van der Waals surface area contributed by atoms with Crippen LogP contribution in [0.3, 0.4) is 0 Å². The highest BCUT2D eigenvalue weighted by atomic mass is 15.2. The average Bonchev–Trinajstić information content (AvgIpc) is 2.74. The summed E-state index contributed by atoms with van der Waals surface area (Å²) in [5.74, 6) is 0. The van der Waals surface area contributed by atoms with Crippen LogP contribution in [0.15, 0.2) is 0 Å². The first-order valence-corrected chi connectivity index (χ1v) is 12.1. The summed E-state index contributed by atoms with van der Waals surface area (Å²) < 4.78 is 0. The van der Waals surface area contributed by atoms with Crippen LogP contribution in [-0.4, -0.2) is 105 Å². The van der Waals surface area contributed by atoms with Crippen LogP contribution < -0.4 is 42.5 Å². The van der Waals surface area contributed by atoms with Crippen LogP contribution in [0.2, 0.25) is 0 Å². The minimum atomic E-state index is 0.257. The van der Waals surface area contributed by atoms with Gasteiger partial charge in [0.05, 0.1) is 0 Å². The topological polar surface area (TPSA) is 96.2 Å². The molecule has 4 saturated carbocycles. The van der Waals surface area contributed by atoms with Crippen molar-refractivity contribution in [3.05, 3.63) is 0 Å². The zero-order valence-corrected chi connectivity index (χ0v) is 21.6. The van der Waals surface area contributed by atoms with Crippen LogP contribution in [0.25, 0.3) is 0 Å². The van der Waals surface area contributed by atoms with Gasteiger partial charge in [-0.15, -0.1) is 0 Å². The Morgan fingerprint density at radius 3 is 0.742 bits per heavy atom. The predicted octanol–water partition coefficient (Wildman–Crippen LogP) is -0.949. The van der Waals surface area contributed by atoms with Crippen molar-refractivity contribution >= 4 is 0 Å². The van der Waals surface area contributed by atoms with Gasteiger partial charge in [0, 0.05) is 53.7 Å². The normalized spacial score (nSPS) is 36.4. The van der Waals surface area contributed by atoms with Gasteiger partial charge in [-0.3, -0.25) is 0 Å². The van der Waals surface area contributed by atoms with Crippen LogP contribution in [0.5, 0.6) is 0 Å². The molecule has 184 valence electrons. The van der Waals surface area contributed by atoms with Gasteiger partial charge in [0.25, 0.3) is 0 Å². The third kappa shape index (κ3) is 5.61. The second-order valence-electron chi connectivity index (χ2n) is 10.8. The van der Waals surface area contributed by atoms with Gasteiger partial charge < -0.3 is 42.5 Å². The minimum Gasteiger partial charge on any atom is -0.319 e. The highest BCUT2D eigenvalue weighted by Gasteiger charge is 2.67. The Morgan fingerprint density at radius 1 is 0.419 bits per heavy atom. The van der Waals surface area contributed by atoms with Gasteiger partial charge >= 0.3 is 0 Å². The van der Waals surface area contributed by atoms with E-state index in [0.29, 0.717) is 22.2 Å². The fraction of sp³-hybridized carbons (Fsp3) is 1.00. The maximum absolute atomic E-state index is 3.67. The van der Waals surface area contributed by atoms with Crippen molar-refractivity contribution in [2.24, 2.45) is 5.41 Å². The second kappa shape index (κ2) is 10.7. The monoisotopic (exact) mass is 440 g/mol. The summed E-state index contributed by atoms with van der Waals surface area (Å²) in [6, 6.07) is 0. The maximum Gasteiger partial charge on any atom is 0.0231 e. The van der Waals surface area contributed by atoms with E-state index in [2.05, 4.69) is 70.7 Å². The zero-order chi connectivity index (χ0) is 23.2. The molecular weight excluding hydrogens is 388 g/mol. The molecule has 0 spiro atoms. The molecule has 0 unspecified atom stereocenters. The molecule has 31 heavy (non-hydrogen) atoms. The fourth-order valence-electron chi connectivity index (χ4n) is 7.57. The smallest absolute Gasteiger partial charge is 0.0231 e. The van der Waals surface area contributed by atoms with Crippen molar-refractivity contribution < 1.29 is 0 Å². The van der Waals surface area contributed by atoms with Gasteiger partial charge in [0.1, 0.15) is 0 Å². The van der Waals surface area contributed by atoms with Crippen molar-refractivity contribution in [3.8, 4) is 0 Å². The van der Waals surface area contributed by atoms with Gasteiger partial charge in [-0.1, -0.05) is 0 Å². The molecule has 0 amide bonds. The van der Waals surface area contributed by atoms with Gasteiger partial charge in [0.15, 0.2) is 0 Å². The van der Waals surface area contributed by atoms with E-state index in [4.69, 9.17) is 0 Å². The quantitative estimate of drug-likeness (QED) is 0.197. The van der Waals surface area contributed by atoms with E-state index in [1.807, 2.05) is 28.2 Å². The Labute approximate surface area is 191 Å². The number of hydrogen-bond donors (Lipinski definition) is 8. The van der Waals surface area contributed by atoms with Crippen molar-refractivity contribution in [3.63, 3.8) is 0 Å². The molecule has 4 aliphatic carbocycles. The minimum absolute atomic E-state index is 0.257.